The summed E-state index contributed by atoms with van der Waals surface area (Å²) in [7, 11) is 0. The van der Waals surface area contributed by atoms with Gasteiger partial charge in [-0.2, -0.15) is 5.26 Å². The number of aromatic nitrogens is 3. The normalized spacial score (nSPS) is 12.5. The molecule has 8 aromatic rings. The first-order valence-electron chi connectivity index (χ1n) is 17.8. The van der Waals surface area contributed by atoms with Crippen LogP contribution in [0.15, 0.2) is 170 Å². The Kier molecular flexibility index (Phi) is 7.83. The van der Waals surface area contributed by atoms with E-state index in [0.717, 1.165) is 44.5 Å². The second-order valence-electron chi connectivity index (χ2n) is 14.0. The lowest BCUT2D eigenvalue weighted by Gasteiger charge is -2.21. The number of nitriles is 1. The number of fused-ring (bicyclic) bond motifs is 3. The summed E-state index contributed by atoms with van der Waals surface area (Å²) in [5, 5.41) is 9.50. The Balaban J connectivity index is 1.02. The molecule has 0 aliphatic heterocycles. The predicted molar refractivity (Wildman–Crippen MR) is 215 cm³/mol. The average Bonchev–Trinajstić information content (AvgIpc) is 3.46. The Labute approximate surface area is 309 Å². The van der Waals surface area contributed by atoms with Crippen molar-refractivity contribution in [3.63, 3.8) is 0 Å². The molecule has 7 aromatic carbocycles. The third-order valence-corrected chi connectivity index (χ3v) is 10.4. The van der Waals surface area contributed by atoms with Crippen LogP contribution in [-0.4, -0.2) is 15.0 Å². The molecule has 53 heavy (non-hydrogen) atoms. The molecular formula is C49H34N4. The quantitative estimate of drug-likeness (QED) is 0.176. The van der Waals surface area contributed by atoms with Gasteiger partial charge in [-0.1, -0.05) is 159 Å². The minimum Gasteiger partial charge on any atom is -0.208 e. The van der Waals surface area contributed by atoms with Crippen LogP contribution >= 0.6 is 0 Å². The highest BCUT2D eigenvalue weighted by atomic mass is 15.0. The highest BCUT2D eigenvalue weighted by Gasteiger charge is 2.35. The zero-order valence-electron chi connectivity index (χ0n) is 29.5. The Morgan fingerprint density at radius 1 is 0.377 bits per heavy atom. The molecule has 9 rings (SSSR count). The van der Waals surface area contributed by atoms with Crippen molar-refractivity contribution in [2.45, 2.75) is 19.3 Å². The van der Waals surface area contributed by atoms with Crippen molar-refractivity contribution >= 4 is 0 Å². The molecule has 0 saturated carbocycles. The highest BCUT2D eigenvalue weighted by Crippen LogP contribution is 2.50. The third kappa shape index (κ3) is 5.89. The second kappa shape index (κ2) is 13.0. The van der Waals surface area contributed by atoms with E-state index < -0.39 is 0 Å². The van der Waals surface area contributed by atoms with Crippen molar-refractivity contribution in [1.29, 1.82) is 5.26 Å². The van der Waals surface area contributed by atoms with Gasteiger partial charge in [-0.25, -0.2) is 15.0 Å². The minimum absolute atomic E-state index is 0.147. The van der Waals surface area contributed by atoms with Crippen LogP contribution in [0.1, 0.15) is 30.5 Å². The topological polar surface area (TPSA) is 62.5 Å². The Morgan fingerprint density at radius 2 is 0.830 bits per heavy atom. The van der Waals surface area contributed by atoms with Gasteiger partial charge in [0.25, 0.3) is 0 Å². The van der Waals surface area contributed by atoms with E-state index >= 15 is 0 Å². The summed E-state index contributed by atoms with van der Waals surface area (Å²) in [5.74, 6) is 1.91. The maximum Gasteiger partial charge on any atom is 0.164 e. The van der Waals surface area contributed by atoms with Gasteiger partial charge in [0.1, 0.15) is 0 Å². The van der Waals surface area contributed by atoms with Gasteiger partial charge in [-0.3, -0.25) is 0 Å². The summed E-state index contributed by atoms with van der Waals surface area (Å²) in [4.78, 5) is 14.9. The van der Waals surface area contributed by atoms with Crippen molar-refractivity contribution in [1.82, 2.24) is 15.0 Å². The molecule has 0 amide bonds. The van der Waals surface area contributed by atoms with E-state index in [-0.39, 0.29) is 5.41 Å². The molecule has 0 unspecified atom stereocenters. The third-order valence-electron chi connectivity index (χ3n) is 10.4. The molecule has 0 saturated heterocycles. The van der Waals surface area contributed by atoms with Crippen LogP contribution in [0.2, 0.25) is 0 Å². The van der Waals surface area contributed by atoms with Crippen LogP contribution in [0.4, 0.5) is 0 Å². The maximum absolute atomic E-state index is 9.50. The summed E-state index contributed by atoms with van der Waals surface area (Å²) < 4.78 is 0. The van der Waals surface area contributed by atoms with Crippen LogP contribution in [-0.2, 0) is 5.41 Å². The number of rotatable bonds is 6. The summed E-state index contributed by atoms with van der Waals surface area (Å²) >= 11 is 0. The molecule has 1 aliphatic carbocycles. The molecule has 0 radical (unpaired) electrons. The molecule has 0 N–H and O–H groups in total. The van der Waals surface area contributed by atoms with Crippen LogP contribution in [0.3, 0.4) is 0 Å². The largest absolute Gasteiger partial charge is 0.208 e. The fraction of sp³-hybridized carbons (Fsp3) is 0.0612. The van der Waals surface area contributed by atoms with Gasteiger partial charge in [-0.05, 0) is 79.9 Å². The standard InChI is InChI=1S/C49H34N4/c1-49(2)44-27-25-40(30-43(44)42-26-16-32(31-50)28-45(42)49)36-19-17-34(18-20-36)35-21-23-38(24-22-35)47-51-46(37-12-7-4-8-13-37)52-48(53-47)41-15-9-14-39(29-41)33-10-5-3-6-11-33/h3-30H,1-2H3. The van der Waals surface area contributed by atoms with Crippen LogP contribution in [0.5, 0.6) is 0 Å². The highest BCUT2D eigenvalue weighted by molar-refractivity contribution is 5.85. The summed E-state index contributed by atoms with van der Waals surface area (Å²) in [6.45, 7) is 4.48. The van der Waals surface area contributed by atoms with E-state index in [1.165, 1.54) is 27.8 Å². The number of benzene rings is 7. The Morgan fingerprint density at radius 3 is 1.45 bits per heavy atom. The first-order valence-corrected chi connectivity index (χ1v) is 17.8. The first kappa shape index (κ1) is 32.0. The molecule has 0 fully saturated rings. The molecule has 1 heterocycles. The van der Waals surface area contributed by atoms with E-state index in [1.807, 2.05) is 48.5 Å². The van der Waals surface area contributed by atoms with E-state index in [1.54, 1.807) is 0 Å². The lowest BCUT2D eigenvalue weighted by Crippen LogP contribution is -2.15. The SMILES string of the molecule is CC1(C)c2ccc(-c3ccc(-c4ccc(-c5nc(-c6ccccc6)nc(-c6cccc(-c7ccccc7)c6)n5)cc4)cc3)cc2-c2ccc(C#N)cc21. The van der Waals surface area contributed by atoms with Gasteiger partial charge in [0, 0.05) is 22.1 Å². The number of hydrogen-bond donors (Lipinski definition) is 0. The van der Waals surface area contributed by atoms with E-state index in [0.29, 0.717) is 23.0 Å². The van der Waals surface area contributed by atoms with Crippen molar-refractivity contribution in [2.24, 2.45) is 0 Å². The second-order valence-corrected chi connectivity index (χ2v) is 14.0. The van der Waals surface area contributed by atoms with Crippen molar-refractivity contribution in [3.8, 4) is 84.7 Å². The zero-order chi connectivity index (χ0) is 35.9. The molecule has 4 nitrogen and oxygen atoms in total. The molecular weight excluding hydrogens is 645 g/mol. The molecule has 0 spiro atoms. The summed E-state index contributed by atoms with van der Waals surface area (Å²) in [6, 6.07) is 61.1. The number of nitrogens with zero attached hydrogens (tertiary/aromatic N) is 4. The average molecular weight is 679 g/mol. The molecule has 1 aromatic heterocycles. The molecule has 1 aliphatic rings. The fourth-order valence-electron chi connectivity index (χ4n) is 7.49. The molecule has 4 heteroatoms. The molecule has 0 atom stereocenters. The maximum atomic E-state index is 9.50. The summed E-state index contributed by atoms with van der Waals surface area (Å²) in [6.07, 6.45) is 0. The zero-order valence-corrected chi connectivity index (χ0v) is 29.5. The first-order chi connectivity index (χ1) is 25.9. The monoisotopic (exact) mass is 678 g/mol. The number of hydrogen-bond acceptors (Lipinski definition) is 4. The molecule has 250 valence electrons. The van der Waals surface area contributed by atoms with Crippen molar-refractivity contribution in [2.75, 3.05) is 0 Å². The minimum atomic E-state index is -0.147. The van der Waals surface area contributed by atoms with Gasteiger partial charge >= 0.3 is 0 Å². The van der Waals surface area contributed by atoms with E-state index in [9.17, 15) is 5.26 Å². The smallest absolute Gasteiger partial charge is 0.164 e. The van der Waals surface area contributed by atoms with E-state index in [2.05, 4.69) is 141 Å². The fourth-order valence-corrected chi connectivity index (χ4v) is 7.49. The van der Waals surface area contributed by atoms with Gasteiger partial charge in [0.05, 0.1) is 11.6 Å². The lowest BCUT2D eigenvalue weighted by molar-refractivity contribution is 0.660. The van der Waals surface area contributed by atoms with Crippen LogP contribution in [0, 0.1) is 11.3 Å². The van der Waals surface area contributed by atoms with Crippen LogP contribution in [0.25, 0.3) is 78.7 Å². The van der Waals surface area contributed by atoms with Crippen molar-refractivity contribution < 1.29 is 0 Å². The van der Waals surface area contributed by atoms with E-state index in [4.69, 9.17) is 15.0 Å². The van der Waals surface area contributed by atoms with Crippen molar-refractivity contribution in [3.05, 3.63) is 187 Å². The van der Waals surface area contributed by atoms with Gasteiger partial charge in [-0.15, -0.1) is 0 Å². The molecule has 0 bridgehead atoms. The Bertz CT molecular complexity index is 2670. The predicted octanol–water partition coefficient (Wildman–Crippen LogP) is 12.1. The lowest BCUT2D eigenvalue weighted by atomic mass is 9.81. The van der Waals surface area contributed by atoms with Gasteiger partial charge < -0.3 is 0 Å². The Hall–Kier alpha value is -6.96. The van der Waals surface area contributed by atoms with Gasteiger partial charge in [0.15, 0.2) is 17.5 Å². The van der Waals surface area contributed by atoms with Crippen LogP contribution < -0.4 is 0 Å². The van der Waals surface area contributed by atoms with Gasteiger partial charge in [0.2, 0.25) is 0 Å². The summed E-state index contributed by atoms with van der Waals surface area (Å²) in [5.41, 5.74) is 15.2.